The summed E-state index contributed by atoms with van der Waals surface area (Å²) in [6.45, 7) is 0. The third-order valence-electron chi connectivity index (χ3n) is 4.47. The van der Waals surface area contributed by atoms with Crippen LogP contribution >= 0.6 is 0 Å². The summed E-state index contributed by atoms with van der Waals surface area (Å²) in [5, 5.41) is 22.1. The fourth-order valence-corrected chi connectivity index (χ4v) is 3.14. The van der Waals surface area contributed by atoms with E-state index in [9.17, 15) is 15.0 Å². The van der Waals surface area contributed by atoms with Crippen molar-refractivity contribution < 1.29 is 15.0 Å². The van der Waals surface area contributed by atoms with Gasteiger partial charge in [-0.05, 0) is 60.2 Å². The summed E-state index contributed by atoms with van der Waals surface area (Å²) in [5.41, 5.74) is 2.86. The predicted molar refractivity (Wildman–Crippen MR) is 105 cm³/mol. The van der Waals surface area contributed by atoms with Crippen molar-refractivity contribution in [2.75, 3.05) is 10.2 Å². The quantitative estimate of drug-likeness (QED) is 0.612. The second-order valence-corrected chi connectivity index (χ2v) is 6.30. The molecule has 1 aliphatic heterocycles. The molecule has 3 N–H and O–H groups in total. The van der Waals surface area contributed by atoms with Crippen LogP contribution in [0.5, 0.6) is 11.5 Å². The molecular weight excluding hydrogens is 340 g/mol. The molecule has 1 unspecified atom stereocenters. The zero-order valence-electron chi connectivity index (χ0n) is 14.4. The van der Waals surface area contributed by atoms with E-state index in [0.29, 0.717) is 17.1 Å². The van der Waals surface area contributed by atoms with E-state index in [1.54, 1.807) is 53.4 Å². The molecule has 0 saturated carbocycles. The molecule has 5 nitrogen and oxygen atoms in total. The van der Waals surface area contributed by atoms with Crippen molar-refractivity contribution in [2.24, 2.45) is 0 Å². The van der Waals surface area contributed by atoms with Crippen molar-refractivity contribution in [1.29, 1.82) is 0 Å². The molecule has 0 fully saturated rings. The molecule has 0 aliphatic carbocycles. The first-order valence-corrected chi connectivity index (χ1v) is 8.57. The molecule has 3 aromatic rings. The van der Waals surface area contributed by atoms with Gasteiger partial charge in [-0.2, -0.15) is 0 Å². The Morgan fingerprint density at radius 2 is 1.37 bits per heavy atom. The predicted octanol–water partition coefficient (Wildman–Crippen LogP) is 4.18. The van der Waals surface area contributed by atoms with Crippen molar-refractivity contribution in [3.8, 4) is 11.5 Å². The van der Waals surface area contributed by atoms with Gasteiger partial charge in [0.1, 0.15) is 17.2 Å². The maximum atomic E-state index is 13.1. The van der Waals surface area contributed by atoms with Gasteiger partial charge in [0.15, 0.2) is 0 Å². The van der Waals surface area contributed by atoms with Crippen LogP contribution < -0.4 is 10.2 Å². The number of nitrogens with zero attached hydrogens (tertiary/aromatic N) is 1. The van der Waals surface area contributed by atoms with Crippen LogP contribution in [0.2, 0.25) is 0 Å². The second kappa shape index (κ2) is 6.88. The lowest BCUT2D eigenvalue weighted by atomic mass is 10.1. The molecule has 0 bridgehead atoms. The summed E-state index contributed by atoms with van der Waals surface area (Å²) in [6.07, 6.45) is 1.89. The molecule has 1 amide bonds. The fraction of sp³-hybridized carbons (Fsp3) is 0.0455. The molecule has 1 heterocycles. The Kier molecular flexibility index (Phi) is 4.26. The van der Waals surface area contributed by atoms with Crippen molar-refractivity contribution in [1.82, 2.24) is 0 Å². The molecule has 27 heavy (non-hydrogen) atoms. The number of hydrogen-bond donors (Lipinski definition) is 3. The fourth-order valence-electron chi connectivity index (χ4n) is 3.14. The maximum absolute atomic E-state index is 13.1. The Hall–Kier alpha value is -3.73. The van der Waals surface area contributed by atoms with Gasteiger partial charge in [-0.25, -0.2) is 0 Å². The number of hydrogen-bond acceptors (Lipinski definition) is 4. The van der Waals surface area contributed by atoms with Gasteiger partial charge in [0, 0.05) is 11.4 Å². The van der Waals surface area contributed by atoms with Crippen LogP contribution in [-0.4, -0.2) is 16.1 Å². The molecule has 0 spiro atoms. The first-order chi connectivity index (χ1) is 13.1. The van der Waals surface area contributed by atoms with E-state index in [4.69, 9.17) is 0 Å². The van der Waals surface area contributed by atoms with Crippen LogP contribution in [0.15, 0.2) is 90.6 Å². The van der Waals surface area contributed by atoms with Gasteiger partial charge in [0.2, 0.25) is 0 Å². The largest absolute Gasteiger partial charge is 0.508 e. The average molecular weight is 358 g/mol. The number of carbonyl (C=O) groups is 1. The highest BCUT2D eigenvalue weighted by atomic mass is 16.3. The lowest BCUT2D eigenvalue weighted by Gasteiger charge is -2.25. The minimum atomic E-state index is -0.261. The smallest absolute Gasteiger partial charge is 0.275 e. The number of carbonyl (C=O) groups excluding carboxylic acids is 1. The number of amides is 1. The minimum absolute atomic E-state index is 0.150. The highest BCUT2D eigenvalue weighted by Crippen LogP contribution is 2.36. The van der Waals surface area contributed by atoms with Crippen molar-refractivity contribution in [3.05, 3.63) is 96.2 Å². The minimum Gasteiger partial charge on any atom is -0.508 e. The lowest BCUT2D eigenvalue weighted by Crippen LogP contribution is -2.30. The number of anilines is 2. The normalized spacial score (nSPS) is 16.3. The number of rotatable bonds is 4. The third-order valence-corrected chi connectivity index (χ3v) is 4.47. The van der Waals surface area contributed by atoms with E-state index in [2.05, 4.69) is 5.32 Å². The number of phenols is 2. The summed E-state index contributed by atoms with van der Waals surface area (Å²) in [6, 6.07) is 22.6. The molecule has 0 radical (unpaired) electrons. The molecular formula is C22H18N2O3. The van der Waals surface area contributed by atoms with Crippen LogP contribution in [0.3, 0.4) is 0 Å². The molecule has 5 heteroatoms. The van der Waals surface area contributed by atoms with Crippen molar-refractivity contribution in [3.63, 3.8) is 0 Å². The van der Waals surface area contributed by atoms with Crippen LogP contribution in [0.1, 0.15) is 11.6 Å². The van der Waals surface area contributed by atoms with Crippen LogP contribution in [-0.2, 0) is 4.79 Å². The topological polar surface area (TPSA) is 72.8 Å². The van der Waals surface area contributed by atoms with Gasteiger partial charge in [0.25, 0.3) is 5.91 Å². The summed E-state index contributed by atoms with van der Waals surface area (Å²) in [5.74, 6) is 0.153. The van der Waals surface area contributed by atoms with E-state index < -0.39 is 0 Å². The first-order valence-electron chi connectivity index (χ1n) is 8.57. The first kappa shape index (κ1) is 16.7. The number of benzene rings is 3. The Balaban J connectivity index is 1.71. The number of phenolic OH excluding ortho intramolecular Hbond substituents is 2. The number of nitrogens with one attached hydrogen (secondary N) is 1. The monoisotopic (exact) mass is 358 g/mol. The SMILES string of the molecule is O=C1C(Nc2ccc(O)cc2)=CC(c2ccccc2)N1c1ccc(O)cc1. The van der Waals surface area contributed by atoms with E-state index >= 15 is 0 Å². The van der Waals surface area contributed by atoms with Gasteiger partial charge >= 0.3 is 0 Å². The molecule has 3 aromatic carbocycles. The average Bonchev–Trinajstić information content (AvgIpc) is 3.01. The Bertz CT molecular complexity index is 980. The maximum Gasteiger partial charge on any atom is 0.275 e. The van der Waals surface area contributed by atoms with E-state index in [0.717, 1.165) is 5.56 Å². The Morgan fingerprint density at radius 1 is 0.778 bits per heavy atom. The third kappa shape index (κ3) is 3.35. The van der Waals surface area contributed by atoms with E-state index in [1.165, 1.54) is 0 Å². The second-order valence-electron chi connectivity index (χ2n) is 6.30. The zero-order valence-corrected chi connectivity index (χ0v) is 14.4. The summed E-state index contributed by atoms with van der Waals surface area (Å²) < 4.78 is 0. The highest BCUT2D eigenvalue weighted by molar-refractivity contribution is 6.11. The lowest BCUT2D eigenvalue weighted by molar-refractivity contribution is -0.114. The van der Waals surface area contributed by atoms with Gasteiger partial charge < -0.3 is 15.5 Å². The molecule has 0 saturated heterocycles. The van der Waals surface area contributed by atoms with Crippen LogP contribution in [0.25, 0.3) is 0 Å². The molecule has 1 atom stereocenters. The standard InChI is InChI=1S/C22H18N2O3/c25-18-10-6-16(7-11-18)23-20-14-21(15-4-2-1-3-5-15)24(22(20)27)17-8-12-19(26)13-9-17/h1-14,21,23,25-26H. The Labute approximate surface area is 156 Å². The van der Waals surface area contributed by atoms with Gasteiger partial charge in [0.05, 0.1) is 6.04 Å². The van der Waals surface area contributed by atoms with Crippen LogP contribution in [0, 0.1) is 0 Å². The van der Waals surface area contributed by atoms with Gasteiger partial charge in [-0.15, -0.1) is 0 Å². The molecule has 4 rings (SSSR count). The van der Waals surface area contributed by atoms with Gasteiger partial charge in [-0.3, -0.25) is 9.69 Å². The zero-order chi connectivity index (χ0) is 18.8. The molecule has 0 aromatic heterocycles. The summed E-state index contributed by atoms with van der Waals surface area (Å²) in [7, 11) is 0. The summed E-state index contributed by atoms with van der Waals surface area (Å²) >= 11 is 0. The van der Waals surface area contributed by atoms with Crippen molar-refractivity contribution >= 4 is 17.3 Å². The summed E-state index contributed by atoms with van der Waals surface area (Å²) in [4.78, 5) is 14.8. The number of aromatic hydroxyl groups is 2. The van der Waals surface area contributed by atoms with Gasteiger partial charge in [-0.1, -0.05) is 30.3 Å². The van der Waals surface area contributed by atoms with E-state index in [1.807, 2.05) is 36.4 Å². The molecule has 134 valence electrons. The van der Waals surface area contributed by atoms with Crippen LogP contribution in [0.4, 0.5) is 11.4 Å². The Morgan fingerprint density at radius 3 is 2.00 bits per heavy atom. The van der Waals surface area contributed by atoms with Crippen molar-refractivity contribution in [2.45, 2.75) is 6.04 Å². The molecule has 1 aliphatic rings. The van der Waals surface area contributed by atoms with E-state index in [-0.39, 0.29) is 23.4 Å². The highest BCUT2D eigenvalue weighted by Gasteiger charge is 2.34.